The first-order valence-electron chi connectivity index (χ1n) is 14.5. The number of halogens is 4. The van der Waals surface area contributed by atoms with Crippen LogP contribution in [0.2, 0.25) is 5.02 Å². The molecule has 0 saturated carbocycles. The van der Waals surface area contributed by atoms with Crippen LogP contribution < -0.4 is 15.0 Å². The number of amides is 1. The molecule has 1 amide bonds. The molecular formula is C33H32ClF3N4O2. The van der Waals surface area contributed by atoms with Crippen molar-refractivity contribution in [2.45, 2.75) is 30.9 Å². The minimum Gasteiger partial charge on any atom is -0.457 e. The summed E-state index contributed by atoms with van der Waals surface area (Å²) < 4.78 is 45.6. The number of aromatic nitrogens is 1. The number of piperazine rings is 1. The molecule has 0 radical (unpaired) electrons. The van der Waals surface area contributed by atoms with E-state index in [4.69, 9.17) is 21.3 Å². The van der Waals surface area contributed by atoms with Gasteiger partial charge in [0.05, 0.1) is 5.52 Å². The number of fused-ring (bicyclic) bond motifs is 3. The SMILES string of the molecule is O=C(NCC(F)(F)F)C1(CCCCN2CCN(c3ccc4cc(Cl)ccc4n3)CC2)c2ccccc2Oc2ccccc21. The smallest absolute Gasteiger partial charge is 0.405 e. The van der Waals surface area contributed by atoms with Crippen molar-refractivity contribution in [3.63, 3.8) is 0 Å². The van der Waals surface area contributed by atoms with E-state index in [0.29, 0.717) is 40.5 Å². The molecule has 0 spiro atoms. The highest BCUT2D eigenvalue weighted by Crippen LogP contribution is 2.50. The molecule has 0 bridgehead atoms. The topological polar surface area (TPSA) is 57.7 Å². The van der Waals surface area contributed by atoms with Gasteiger partial charge in [0, 0.05) is 47.7 Å². The highest BCUT2D eigenvalue weighted by molar-refractivity contribution is 6.31. The van der Waals surface area contributed by atoms with Crippen LogP contribution in [0.3, 0.4) is 0 Å². The van der Waals surface area contributed by atoms with E-state index >= 15 is 0 Å². The molecule has 0 unspecified atom stereocenters. The van der Waals surface area contributed by atoms with Crippen LogP contribution >= 0.6 is 11.6 Å². The van der Waals surface area contributed by atoms with E-state index in [2.05, 4.69) is 15.1 Å². The van der Waals surface area contributed by atoms with Gasteiger partial charge in [0.2, 0.25) is 5.91 Å². The monoisotopic (exact) mass is 608 g/mol. The molecule has 43 heavy (non-hydrogen) atoms. The second kappa shape index (κ2) is 12.1. The molecule has 1 aromatic heterocycles. The van der Waals surface area contributed by atoms with Crippen LogP contribution in [0.15, 0.2) is 78.9 Å². The lowest BCUT2D eigenvalue weighted by atomic mass is 9.68. The molecule has 2 aliphatic rings. The van der Waals surface area contributed by atoms with Gasteiger partial charge in [-0.1, -0.05) is 54.4 Å². The van der Waals surface area contributed by atoms with Gasteiger partial charge in [-0.05, 0) is 61.9 Å². The van der Waals surface area contributed by atoms with Crippen molar-refractivity contribution < 1.29 is 22.7 Å². The molecule has 2 aliphatic heterocycles. The second-order valence-corrected chi connectivity index (χ2v) is 11.5. The number of ether oxygens (including phenoxy) is 1. The summed E-state index contributed by atoms with van der Waals surface area (Å²) in [6, 6.07) is 24.0. The third kappa shape index (κ3) is 6.15. The number of nitrogens with zero attached hydrogens (tertiary/aromatic N) is 3. The quantitative estimate of drug-likeness (QED) is 0.219. The van der Waals surface area contributed by atoms with Crippen LogP contribution in [0.5, 0.6) is 11.5 Å². The Kier molecular flexibility index (Phi) is 8.20. The number of carbonyl (C=O) groups is 1. The van der Waals surface area contributed by atoms with Gasteiger partial charge >= 0.3 is 6.18 Å². The fourth-order valence-corrected chi connectivity index (χ4v) is 6.41. The van der Waals surface area contributed by atoms with Crippen LogP contribution in [-0.4, -0.2) is 61.2 Å². The third-order valence-corrected chi connectivity index (χ3v) is 8.59. The summed E-state index contributed by atoms with van der Waals surface area (Å²) in [5, 5.41) is 3.89. The normalized spacial score (nSPS) is 16.3. The van der Waals surface area contributed by atoms with E-state index in [1.165, 1.54) is 0 Å². The fraction of sp³-hybridized carbons (Fsp3) is 0.333. The van der Waals surface area contributed by atoms with Crippen molar-refractivity contribution in [3.05, 3.63) is 95.0 Å². The lowest BCUT2D eigenvalue weighted by Crippen LogP contribution is -2.49. The number of anilines is 1. The predicted molar refractivity (Wildman–Crippen MR) is 162 cm³/mol. The average molecular weight is 609 g/mol. The first-order chi connectivity index (χ1) is 20.7. The van der Waals surface area contributed by atoms with Crippen LogP contribution in [0.25, 0.3) is 10.9 Å². The average Bonchev–Trinajstić information content (AvgIpc) is 3.01. The summed E-state index contributed by atoms with van der Waals surface area (Å²) in [6.45, 7) is 2.87. The number of pyridine rings is 1. The zero-order valence-electron chi connectivity index (χ0n) is 23.5. The van der Waals surface area contributed by atoms with E-state index in [1.54, 1.807) is 48.5 Å². The Morgan fingerprint density at radius 3 is 2.26 bits per heavy atom. The molecule has 6 nitrogen and oxygen atoms in total. The summed E-state index contributed by atoms with van der Waals surface area (Å²) in [6.07, 6.45) is -2.70. The number of alkyl halides is 3. The summed E-state index contributed by atoms with van der Waals surface area (Å²) in [7, 11) is 0. The minimum absolute atomic E-state index is 0.360. The molecule has 3 aromatic carbocycles. The summed E-state index contributed by atoms with van der Waals surface area (Å²) in [5.74, 6) is 1.26. The maximum Gasteiger partial charge on any atom is 0.405 e. The molecule has 1 N–H and O–H groups in total. The summed E-state index contributed by atoms with van der Waals surface area (Å²) >= 11 is 6.11. The van der Waals surface area contributed by atoms with Crippen LogP contribution in [0.1, 0.15) is 30.4 Å². The van der Waals surface area contributed by atoms with Gasteiger partial charge in [-0.3, -0.25) is 9.69 Å². The van der Waals surface area contributed by atoms with Gasteiger partial charge in [0.1, 0.15) is 29.3 Å². The summed E-state index contributed by atoms with van der Waals surface area (Å²) in [4.78, 5) is 23.2. The molecule has 224 valence electrons. The van der Waals surface area contributed by atoms with Gasteiger partial charge in [0.15, 0.2) is 0 Å². The Hall–Kier alpha value is -3.82. The lowest BCUT2D eigenvalue weighted by molar-refractivity contribution is -0.141. The van der Waals surface area contributed by atoms with Crippen molar-refractivity contribution in [2.75, 3.05) is 44.2 Å². The molecule has 4 aromatic rings. The molecule has 10 heteroatoms. The number of hydrogen-bond acceptors (Lipinski definition) is 5. The first-order valence-corrected chi connectivity index (χ1v) is 14.9. The Morgan fingerprint density at radius 2 is 1.58 bits per heavy atom. The lowest BCUT2D eigenvalue weighted by Gasteiger charge is -2.39. The van der Waals surface area contributed by atoms with Crippen molar-refractivity contribution in [2.24, 2.45) is 0 Å². The van der Waals surface area contributed by atoms with E-state index in [9.17, 15) is 18.0 Å². The largest absolute Gasteiger partial charge is 0.457 e. The minimum atomic E-state index is -4.51. The molecule has 3 heterocycles. The number of nitrogens with one attached hydrogen (secondary N) is 1. The molecular weight excluding hydrogens is 577 g/mol. The zero-order valence-corrected chi connectivity index (χ0v) is 24.3. The van der Waals surface area contributed by atoms with Crippen LogP contribution in [0, 0.1) is 0 Å². The molecule has 0 aliphatic carbocycles. The number of hydrogen-bond donors (Lipinski definition) is 1. The van der Waals surface area contributed by atoms with Crippen molar-refractivity contribution in [1.82, 2.24) is 15.2 Å². The molecule has 0 atom stereocenters. The first kappa shape index (κ1) is 29.3. The van der Waals surface area contributed by atoms with Gasteiger partial charge in [-0.25, -0.2) is 4.98 Å². The van der Waals surface area contributed by atoms with E-state index in [-0.39, 0.29) is 0 Å². The number of benzene rings is 3. The number of para-hydroxylation sites is 2. The zero-order chi connectivity index (χ0) is 30.0. The maximum absolute atomic E-state index is 13.8. The van der Waals surface area contributed by atoms with Crippen LogP contribution in [0.4, 0.5) is 19.0 Å². The molecule has 1 saturated heterocycles. The molecule has 1 fully saturated rings. The predicted octanol–water partition coefficient (Wildman–Crippen LogP) is 6.95. The fourth-order valence-electron chi connectivity index (χ4n) is 6.23. The molecule has 6 rings (SSSR count). The van der Waals surface area contributed by atoms with E-state index < -0.39 is 24.0 Å². The van der Waals surface area contributed by atoms with Gasteiger partial charge in [-0.15, -0.1) is 0 Å². The highest BCUT2D eigenvalue weighted by atomic mass is 35.5. The van der Waals surface area contributed by atoms with Gasteiger partial charge in [0.25, 0.3) is 0 Å². The number of rotatable bonds is 8. The standard InChI is InChI=1S/C33H32ClF3N4O2/c34-24-12-13-27-23(21-24)11-14-30(39-27)41-19-17-40(18-20-41)16-6-5-15-32(31(42)38-22-33(35,36)37)25-7-1-3-9-28(25)43-29-10-4-2-8-26(29)32/h1-4,7-14,21H,5-6,15-20,22H2,(H,38,42). The maximum atomic E-state index is 13.8. The Balaban J connectivity index is 1.13. The number of carbonyl (C=O) groups excluding carboxylic acids is 1. The van der Waals surface area contributed by atoms with Crippen molar-refractivity contribution in [1.29, 1.82) is 0 Å². The van der Waals surface area contributed by atoms with Gasteiger partial charge in [-0.2, -0.15) is 13.2 Å². The van der Waals surface area contributed by atoms with E-state index in [1.807, 2.05) is 30.3 Å². The van der Waals surface area contributed by atoms with Crippen molar-refractivity contribution in [3.8, 4) is 11.5 Å². The third-order valence-electron chi connectivity index (χ3n) is 8.36. The van der Waals surface area contributed by atoms with E-state index in [0.717, 1.165) is 55.9 Å². The summed E-state index contributed by atoms with van der Waals surface area (Å²) in [5.41, 5.74) is 0.801. The number of unbranched alkanes of at least 4 members (excludes halogenated alkanes) is 1. The Morgan fingerprint density at radius 1 is 0.907 bits per heavy atom. The Labute approximate surface area is 253 Å². The second-order valence-electron chi connectivity index (χ2n) is 11.1. The van der Waals surface area contributed by atoms with Crippen LogP contribution in [-0.2, 0) is 10.2 Å². The Bertz CT molecular complexity index is 1580. The van der Waals surface area contributed by atoms with Gasteiger partial charge < -0.3 is 15.0 Å². The van der Waals surface area contributed by atoms with Crippen molar-refractivity contribution >= 4 is 34.2 Å². The highest BCUT2D eigenvalue weighted by Gasteiger charge is 2.48.